The first-order valence-corrected chi connectivity index (χ1v) is 15.1. The molecule has 2 unspecified atom stereocenters. The van der Waals surface area contributed by atoms with Crippen molar-refractivity contribution in [1.82, 2.24) is 19.5 Å². The fourth-order valence-corrected chi connectivity index (χ4v) is 6.51. The summed E-state index contributed by atoms with van der Waals surface area (Å²) >= 11 is 0. The summed E-state index contributed by atoms with van der Waals surface area (Å²) in [5, 5.41) is 5.78. The Morgan fingerprint density at radius 3 is 2.40 bits per heavy atom. The minimum Gasteiger partial charge on any atom is -0.756 e. The average molecular weight is 607 g/mol. The van der Waals surface area contributed by atoms with Gasteiger partial charge in [0.05, 0.1) is 24.9 Å². The topological polar surface area (TPSA) is 193 Å². The Hall–Kier alpha value is -2.62. The number of hydrogen-bond donors (Lipinski definition) is 4. The molecule has 2 fully saturated rings. The summed E-state index contributed by atoms with van der Waals surface area (Å²) < 4.78 is 80.3. The number of nitrogens with one attached hydrogen (secondary N) is 2. The van der Waals surface area contributed by atoms with E-state index < -0.39 is 44.9 Å². The van der Waals surface area contributed by atoms with Gasteiger partial charge in [-0.15, -0.1) is 0 Å². The molecular weight excluding hydrogens is 583 g/mol. The number of hydrogen-bond acceptors (Lipinski definition) is 11. The maximum Gasteiger partial charge on any atom is 0.478 e. The lowest BCUT2D eigenvalue weighted by Crippen LogP contribution is -2.30. The van der Waals surface area contributed by atoms with Crippen molar-refractivity contribution in [2.24, 2.45) is 0 Å². The van der Waals surface area contributed by atoms with Crippen LogP contribution >= 0.6 is 15.6 Å². The molecule has 1 saturated carbocycles. The van der Waals surface area contributed by atoms with Crippen LogP contribution in [0.4, 0.5) is 30.8 Å². The van der Waals surface area contributed by atoms with E-state index in [2.05, 4.69) is 29.9 Å². The van der Waals surface area contributed by atoms with Gasteiger partial charge < -0.3 is 30.1 Å². The first kappa shape index (κ1) is 28.9. The molecule has 19 heteroatoms. The molecule has 40 heavy (non-hydrogen) atoms. The van der Waals surface area contributed by atoms with Crippen LogP contribution in [-0.2, 0) is 22.7 Å². The van der Waals surface area contributed by atoms with Crippen molar-refractivity contribution in [3.8, 4) is 0 Å². The Balaban J connectivity index is 1.32. The van der Waals surface area contributed by atoms with Crippen LogP contribution in [-0.4, -0.2) is 54.7 Å². The zero-order valence-electron chi connectivity index (χ0n) is 20.6. The van der Waals surface area contributed by atoms with Crippen LogP contribution < -0.4 is 15.5 Å². The van der Waals surface area contributed by atoms with Crippen molar-refractivity contribution < 1.29 is 50.6 Å². The fourth-order valence-electron chi connectivity index (χ4n) is 4.73. The molecule has 1 aliphatic heterocycles. The molecule has 4 N–H and O–H groups in total. The second-order valence-corrected chi connectivity index (χ2v) is 12.1. The second kappa shape index (κ2) is 11.3. The van der Waals surface area contributed by atoms with E-state index in [4.69, 9.17) is 14.2 Å². The molecule has 1 aromatic carbocycles. The number of anilines is 3. The molecule has 3 atom stereocenters. The highest BCUT2D eigenvalue weighted by Gasteiger charge is 2.33. The number of halogens is 3. The summed E-state index contributed by atoms with van der Waals surface area (Å²) in [4.78, 5) is 42.1. The third-order valence-corrected chi connectivity index (χ3v) is 8.66. The van der Waals surface area contributed by atoms with E-state index in [0.717, 1.165) is 0 Å². The second-order valence-electron chi connectivity index (χ2n) is 9.34. The van der Waals surface area contributed by atoms with Crippen LogP contribution in [0.2, 0.25) is 0 Å². The predicted octanol–water partition coefficient (Wildman–Crippen LogP) is 3.27. The molecule has 3 heterocycles. The smallest absolute Gasteiger partial charge is 0.478 e. The number of phosphoric acid groups is 2. The molecule has 2 aliphatic rings. The summed E-state index contributed by atoms with van der Waals surface area (Å²) in [6, 6.07) is 0.680. The van der Waals surface area contributed by atoms with Gasteiger partial charge in [0, 0.05) is 24.8 Å². The molecule has 2 aromatic heterocycles. The zero-order valence-corrected chi connectivity index (χ0v) is 22.4. The van der Waals surface area contributed by atoms with Gasteiger partial charge >= 0.3 is 7.82 Å². The van der Waals surface area contributed by atoms with E-state index in [9.17, 15) is 32.1 Å². The van der Waals surface area contributed by atoms with Crippen LogP contribution in [0.25, 0.3) is 11.2 Å². The minimum absolute atomic E-state index is 0.0696. The summed E-state index contributed by atoms with van der Waals surface area (Å²) in [5.74, 6) is -3.02. The highest BCUT2D eigenvalue weighted by atomic mass is 31.3. The molecule has 1 saturated heterocycles. The molecule has 218 valence electrons. The zero-order chi connectivity index (χ0) is 28.7. The first-order valence-electron chi connectivity index (χ1n) is 12.1. The van der Waals surface area contributed by atoms with Crippen molar-refractivity contribution in [3.63, 3.8) is 0 Å². The van der Waals surface area contributed by atoms with Crippen LogP contribution in [0.3, 0.4) is 0 Å². The van der Waals surface area contributed by atoms with Crippen LogP contribution in [0.5, 0.6) is 0 Å². The largest absolute Gasteiger partial charge is 0.756 e. The Morgan fingerprint density at radius 2 is 1.77 bits per heavy atom. The number of nitrogens with zero attached hydrogens (tertiary/aromatic N) is 4. The van der Waals surface area contributed by atoms with Crippen LogP contribution in [0.1, 0.15) is 38.1 Å². The summed E-state index contributed by atoms with van der Waals surface area (Å²) in [6.45, 7) is 0.767. The molecule has 0 spiro atoms. The molecule has 14 nitrogen and oxygen atoms in total. The lowest BCUT2D eigenvalue weighted by Gasteiger charge is -2.30. The van der Waals surface area contributed by atoms with Gasteiger partial charge in [-0.05, 0) is 32.1 Å². The standard InChI is InChI=1S/C21H25F3N6O8P2/c22-11-7-15(23)18(16(24)8-11)28-21-27-17-9-25-20(29-19(17)30(21)13-5-6-36-10-13)26-12-1-3-14(4-2-12)37-40(34,35)38-39(31,32)33/h7-9,12-14H,1-6,10H2,(H,27,28)(H,34,35)(H,25,26,29)(H2,31,32,33)/p-1/t12?,13-,14?/m0/s1. The van der Waals surface area contributed by atoms with Crippen LogP contribution in [0, 0.1) is 17.5 Å². The van der Waals surface area contributed by atoms with Gasteiger partial charge in [0.15, 0.2) is 17.3 Å². The van der Waals surface area contributed by atoms with E-state index in [1.165, 1.54) is 6.20 Å². The third-order valence-electron chi connectivity index (χ3n) is 6.44. The predicted molar refractivity (Wildman–Crippen MR) is 131 cm³/mol. The van der Waals surface area contributed by atoms with Gasteiger partial charge in [0.1, 0.15) is 17.0 Å². The van der Waals surface area contributed by atoms with E-state index in [0.29, 0.717) is 55.8 Å². The van der Waals surface area contributed by atoms with Crippen LogP contribution in [0.15, 0.2) is 18.3 Å². The molecule has 1 aliphatic carbocycles. The number of benzene rings is 1. The van der Waals surface area contributed by atoms with Gasteiger partial charge in [-0.3, -0.25) is 13.7 Å². The number of ether oxygens (including phenoxy) is 1. The Bertz CT molecular complexity index is 1470. The Labute approximate surface area is 224 Å². The summed E-state index contributed by atoms with van der Waals surface area (Å²) in [6.07, 6.45) is 2.64. The maximum atomic E-state index is 14.4. The van der Waals surface area contributed by atoms with Gasteiger partial charge in [0.25, 0.3) is 7.82 Å². The molecule has 0 bridgehead atoms. The van der Waals surface area contributed by atoms with Gasteiger partial charge in [-0.2, -0.15) is 4.98 Å². The number of imidazole rings is 1. The lowest BCUT2D eigenvalue weighted by atomic mass is 9.93. The summed E-state index contributed by atoms with van der Waals surface area (Å²) in [7, 11) is -10.5. The van der Waals surface area contributed by atoms with Gasteiger partial charge in [-0.1, -0.05) is 0 Å². The van der Waals surface area contributed by atoms with E-state index in [1.807, 2.05) is 0 Å². The monoisotopic (exact) mass is 607 g/mol. The number of aromatic nitrogens is 4. The van der Waals surface area contributed by atoms with Crippen molar-refractivity contribution in [2.75, 3.05) is 23.8 Å². The number of fused-ring (bicyclic) bond motifs is 1. The van der Waals surface area contributed by atoms with Crippen molar-refractivity contribution >= 4 is 44.4 Å². The average Bonchev–Trinajstić information content (AvgIpc) is 3.48. The molecular formula is C21H24F3N6O8P2-. The van der Waals surface area contributed by atoms with E-state index in [-0.39, 0.29) is 36.8 Å². The Morgan fingerprint density at radius 1 is 1.07 bits per heavy atom. The summed E-state index contributed by atoms with van der Waals surface area (Å²) in [5.41, 5.74) is 0.120. The fraction of sp³-hybridized carbons (Fsp3) is 0.476. The Kier molecular flexibility index (Phi) is 8.19. The number of rotatable bonds is 9. The van der Waals surface area contributed by atoms with Gasteiger partial charge in [-0.25, -0.2) is 32.0 Å². The van der Waals surface area contributed by atoms with Crippen molar-refractivity contribution in [2.45, 2.75) is 50.3 Å². The van der Waals surface area contributed by atoms with Gasteiger partial charge in [0.2, 0.25) is 11.9 Å². The van der Waals surface area contributed by atoms with Crippen molar-refractivity contribution in [1.29, 1.82) is 0 Å². The normalized spacial score (nSPS) is 24.5. The molecule has 5 rings (SSSR count). The molecule has 3 aromatic rings. The third kappa shape index (κ3) is 6.81. The minimum atomic E-state index is -5.46. The lowest BCUT2D eigenvalue weighted by molar-refractivity contribution is -0.212. The highest BCUT2D eigenvalue weighted by Crippen LogP contribution is 2.57. The highest BCUT2D eigenvalue weighted by molar-refractivity contribution is 7.60. The first-order chi connectivity index (χ1) is 18.9. The van der Waals surface area contributed by atoms with E-state index >= 15 is 0 Å². The SMILES string of the molecule is O=P([O-])(O)OP(=O)(O)OC1CCC(Nc2ncc3nc(Nc4c(F)cc(F)cc4F)n([C@H]4CCOC4)c3n2)CC1. The van der Waals surface area contributed by atoms with E-state index in [1.54, 1.807) is 4.57 Å². The number of phosphoric ester groups is 1. The maximum absolute atomic E-state index is 14.4. The van der Waals surface area contributed by atoms with Crippen molar-refractivity contribution in [3.05, 3.63) is 35.8 Å². The molecule has 0 amide bonds. The quantitative estimate of drug-likeness (QED) is 0.259. The molecule has 0 radical (unpaired) electrons.